The largest absolute Gasteiger partial charge is 0.358 e. The molecule has 0 amide bonds. The van der Waals surface area contributed by atoms with E-state index in [0.29, 0.717) is 22.8 Å². The van der Waals surface area contributed by atoms with Crippen molar-refractivity contribution >= 4 is 27.9 Å². The Hall–Kier alpha value is -3.63. The lowest BCUT2D eigenvalue weighted by Crippen LogP contribution is -2.41. The number of hydrogen-bond donors (Lipinski definition) is 2. The molecule has 0 spiro atoms. The minimum Gasteiger partial charge on any atom is -0.358 e. The number of rotatable bonds is 4. The van der Waals surface area contributed by atoms with Crippen molar-refractivity contribution in [2.45, 2.75) is 13.0 Å². The number of imidazole rings is 1. The van der Waals surface area contributed by atoms with Crippen LogP contribution in [0.1, 0.15) is 18.8 Å². The SMILES string of the molecule is CC(Nc1ncnc2nc[nH]c12)c1nc2ccc(F)c(F)c2c(=O)n1N(C)C. The summed E-state index contributed by atoms with van der Waals surface area (Å²) in [5, 5.41) is 4.22. The molecule has 1 unspecified atom stereocenters. The van der Waals surface area contributed by atoms with E-state index in [9.17, 15) is 13.6 Å². The van der Waals surface area contributed by atoms with Gasteiger partial charge in [-0.3, -0.25) is 4.79 Å². The van der Waals surface area contributed by atoms with Gasteiger partial charge in [0.15, 0.2) is 28.9 Å². The molecule has 0 bridgehead atoms. The zero-order valence-electron chi connectivity index (χ0n) is 15.2. The molecule has 1 aromatic carbocycles. The highest BCUT2D eigenvalue weighted by atomic mass is 19.2. The van der Waals surface area contributed by atoms with Crippen LogP contribution in [0.3, 0.4) is 0 Å². The number of anilines is 1. The highest BCUT2D eigenvalue weighted by Gasteiger charge is 2.22. The van der Waals surface area contributed by atoms with E-state index in [1.54, 1.807) is 21.0 Å². The van der Waals surface area contributed by atoms with E-state index in [4.69, 9.17) is 0 Å². The number of aromatic amines is 1. The molecule has 11 heteroatoms. The summed E-state index contributed by atoms with van der Waals surface area (Å²) in [6.45, 7) is 1.78. The van der Waals surface area contributed by atoms with Crippen LogP contribution in [0, 0.1) is 11.6 Å². The predicted molar refractivity (Wildman–Crippen MR) is 99.7 cm³/mol. The summed E-state index contributed by atoms with van der Waals surface area (Å²) in [6.07, 6.45) is 2.86. The second-order valence-corrected chi connectivity index (χ2v) is 6.38. The standard InChI is InChI=1S/C17H16F2N8O/c1-8(24-15-13-14(21-6-20-13)22-7-23-15)16-25-10-5-4-9(18)12(19)11(10)17(28)27(16)26(2)3/h4-8H,1-3H3,(H2,20,21,22,23,24). The molecule has 28 heavy (non-hydrogen) atoms. The molecule has 0 aliphatic carbocycles. The van der Waals surface area contributed by atoms with E-state index in [0.717, 1.165) is 6.07 Å². The molecule has 9 nitrogen and oxygen atoms in total. The lowest BCUT2D eigenvalue weighted by atomic mass is 10.2. The van der Waals surface area contributed by atoms with E-state index < -0.39 is 28.6 Å². The molecular formula is C17H16F2N8O. The second kappa shape index (κ2) is 6.51. The van der Waals surface area contributed by atoms with Gasteiger partial charge in [0, 0.05) is 14.1 Å². The van der Waals surface area contributed by atoms with Gasteiger partial charge in [0.1, 0.15) is 17.2 Å². The van der Waals surface area contributed by atoms with Gasteiger partial charge in [-0.15, -0.1) is 0 Å². The number of H-pyrrole nitrogens is 1. The second-order valence-electron chi connectivity index (χ2n) is 6.38. The monoisotopic (exact) mass is 386 g/mol. The van der Waals surface area contributed by atoms with Crippen LogP contribution in [0.15, 0.2) is 29.6 Å². The van der Waals surface area contributed by atoms with Crippen molar-refractivity contribution in [1.82, 2.24) is 29.6 Å². The molecule has 0 fully saturated rings. The van der Waals surface area contributed by atoms with Gasteiger partial charge in [-0.1, -0.05) is 0 Å². The van der Waals surface area contributed by atoms with Gasteiger partial charge in [-0.2, -0.15) is 0 Å². The fourth-order valence-electron chi connectivity index (χ4n) is 3.03. The summed E-state index contributed by atoms with van der Waals surface area (Å²) >= 11 is 0. The molecule has 4 rings (SSSR count). The average molecular weight is 386 g/mol. The fraction of sp³-hybridized carbons (Fsp3) is 0.235. The molecule has 3 heterocycles. The van der Waals surface area contributed by atoms with Gasteiger partial charge in [-0.05, 0) is 19.1 Å². The molecule has 0 saturated heterocycles. The Morgan fingerprint density at radius 1 is 1.21 bits per heavy atom. The number of nitrogens with zero attached hydrogens (tertiary/aromatic N) is 6. The van der Waals surface area contributed by atoms with Gasteiger partial charge in [0.2, 0.25) is 0 Å². The zero-order chi connectivity index (χ0) is 20.0. The van der Waals surface area contributed by atoms with Crippen LogP contribution in [0.2, 0.25) is 0 Å². The first-order valence-electron chi connectivity index (χ1n) is 8.37. The van der Waals surface area contributed by atoms with Crippen LogP contribution in [0.5, 0.6) is 0 Å². The van der Waals surface area contributed by atoms with Crippen molar-refractivity contribution in [3.8, 4) is 0 Å². The third-order valence-electron chi connectivity index (χ3n) is 4.29. The number of nitrogens with one attached hydrogen (secondary N) is 2. The predicted octanol–water partition coefficient (Wildman–Crippen LogP) is 1.71. The summed E-state index contributed by atoms with van der Waals surface area (Å²) in [4.78, 5) is 32.6. The summed E-state index contributed by atoms with van der Waals surface area (Å²) in [5.41, 5.74) is 0.450. The number of benzene rings is 1. The van der Waals surface area contributed by atoms with Crippen molar-refractivity contribution in [3.63, 3.8) is 0 Å². The summed E-state index contributed by atoms with van der Waals surface area (Å²) in [7, 11) is 3.22. The lowest BCUT2D eigenvalue weighted by Gasteiger charge is -2.24. The first kappa shape index (κ1) is 17.8. The Bertz CT molecular complexity index is 1250. The minimum atomic E-state index is -1.22. The number of aromatic nitrogens is 6. The minimum absolute atomic E-state index is 0.0695. The van der Waals surface area contributed by atoms with E-state index in [1.807, 2.05) is 0 Å². The van der Waals surface area contributed by atoms with Crippen molar-refractivity contribution in [3.05, 3.63) is 52.6 Å². The summed E-state index contributed by atoms with van der Waals surface area (Å²) in [5.74, 6) is -1.54. The van der Waals surface area contributed by atoms with E-state index in [1.165, 1.54) is 28.4 Å². The molecule has 1 atom stereocenters. The summed E-state index contributed by atoms with van der Waals surface area (Å²) < 4.78 is 29.0. The third kappa shape index (κ3) is 2.71. The highest BCUT2D eigenvalue weighted by Crippen LogP contribution is 2.23. The molecule has 0 aliphatic rings. The van der Waals surface area contributed by atoms with Crippen LogP contribution in [0.25, 0.3) is 22.1 Å². The third-order valence-corrected chi connectivity index (χ3v) is 4.29. The normalized spacial score (nSPS) is 12.5. The van der Waals surface area contributed by atoms with Gasteiger partial charge in [0.05, 0.1) is 17.9 Å². The van der Waals surface area contributed by atoms with E-state index >= 15 is 0 Å². The van der Waals surface area contributed by atoms with E-state index in [-0.39, 0.29) is 5.52 Å². The van der Waals surface area contributed by atoms with Gasteiger partial charge in [-0.25, -0.2) is 33.4 Å². The first-order valence-corrected chi connectivity index (χ1v) is 8.37. The van der Waals surface area contributed by atoms with Crippen LogP contribution in [0.4, 0.5) is 14.6 Å². The molecule has 0 aliphatic heterocycles. The smallest absolute Gasteiger partial charge is 0.283 e. The Morgan fingerprint density at radius 3 is 2.75 bits per heavy atom. The number of fused-ring (bicyclic) bond motifs is 2. The molecule has 144 valence electrons. The highest BCUT2D eigenvalue weighted by molar-refractivity contribution is 5.82. The Balaban J connectivity index is 1.87. The number of halogens is 2. The first-order chi connectivity index (χ1) is 13.4. The molecule has 0 radical (unpaired) electrons. The molecule has 0 saturated carbocycles. The van der Waals surface area contributed by atoms with Gasteiger partial charge in [0.25, 0.3) is 5.56 Å². The molecule has 4 aromatic rings. The van der Waals surface area contributed by atoms with Crippen molar-refractivity contribution in [1.29, 1.82) is 0 Å². The van der Waals surface area contributed by atoms with Gasteiger partial charge >= 0.3 is 0 Å². The zero-order valence-corrected chi connectivity index (χ0v) is 15.2. The lowest BCUT2D eigenvalue weighted by molar-refractivity contribution is 0.513. The molecule has 3 aromatic heterocycles. The number of hydrogen-bond acceptors (Lipinski definition) is 7. The van der Waals surface area contributed by atoms with Crippen molar-refractivity contribution < 1.29 is 8.78 Å². The fourth-order valence-corrected chi connectivity index (χ4v) is 3.03. The molecular weight excluding hydrogens is 370 g/mol. The maximum Gasteiger partial charge on any atom is 0.283 e. The van der Waals surface area contributed by atoms with Crippen LogP contribution >= 0.6 is 0 Å². The molecule has 2 N–H and O–H groups in total. The Kier molecular flexibility index (Phi) is 4.13. The maximum absolute atomic E-state index is 14.2. The van der Waals surface area contributed by atoms with Gasteiger partial charge < -0.3 is 15.3 Å². The topological polar surface area (TPSA) is 105 Å². The van der Waals surface area contributed by atoms with Crippen molar-refractivity contribution in [2.24, 2.45) is 0 Å². The van der Waals surface area contributed by atoms with Crippen LogP contribution in [-0.2, 0) is 0 Å². The Morgan fingerprint density at radius 2 is 2.00 bits per heavy atom. The van der Waals surface area contributed by atoms with Crippen LogP contribution < -0.4 is 15.9 Å². The van der Waals surface area contributed by atoms with Crippen molar-refractivity contribution in [2.75, 3.05) is 24.4 Å². The Labute approximate surface area is 157 Å². The van der Waals surface area contributed by atoms with E-state index in [2.05, 4.69) is 30.2 Å². The van der Waals surface area contributed by atoms with Crippen LogP contribution in [-0.4, -0.2) is 43.7 Å². The quantitative estimate of drug-likeness (QED) is 0.550. The maximum atomic E-state index is 14.2. The summed E-state index contributed by atoms with van der Waals surface area (Å²) in [6, 6.07) is 1.72. The average Bonchev–Trinajstić information content (AvgIpc) is 3.13.